The minimum atomic E-state index is -0.989. The molecule has 0 amide bonds. The van der Waals surface area contributed by atoms with Crippen molar-refractivity contribution in [3.8, 4) is 0 Å². The number of esters is 1. The molecule has 2 N–H and O–H groups in total. The molecule has 0 aromatic carbocycles. The number of aliphatic hydroxyl groups excluding tert-OH is 1. The molecule has 2 unspecified atom stereocenters. The van der Waals surface area contributed by atoms with Crippen molar-refractivity contribution >= 4 is 11.9 Å². The summed E-state index contributed by atoms with van der Waals surface area (Å²) < 4.78 is 5.82. The van der Waals surface area contributed by atoms with Gasteiger partial charge in [-0.3, -0.25) is 9.59 Å². The third kappa shape index (κ3) is 18.2. The van der Waals surface area contributed by atoms with E-state index >= 15 is 0 Å². The maximum absolute atomic E-state index is 12.0. The van der Waals surface area contributed by atoms with E-state index < -0.39 is 24.1 Å². The first kappa shape index (κ1) is 26.9. The van der Waals surface area contributed by atoms with Crippen LogP contribution in [0.2, 0.25) is 0 Å². The van der Waals surface area contributed by atoms with Crippen LogP contribution in [-0.2, 0) is 14.3 Å². The minimum Gasteiger partial charge on any atom is -0.481 e. The first-order valence-corrected chi connectivity index (χ1v) is 11.0. The minimum absolute atomic E-state index is 0.0648. The topological polar surface area (TPSA) is 83.8 Å². The molecule has 0 aliphatic heterocycles. The maximum Gasteiger partial charge on any atom is 0.308 e. The standard InChI is InChI=1S/C22H43NO5/c1-5-6-7-8-9-10-11-12-13-14-15-19(24)16-22(27)28-20(17-21(25)26)18-23(2,3)4/h19-20,24H,5-18H2,1-4H3/p+1. The smallest absolute Gasteiger partial charge is 0.308 e. The van der Waals surface area contributed by atoms with E-state index in [4.69, 9.17) is 9.84 Å². The molecule has 2 atom stereocenters. The normalized spacial score (nSPS) is 13.9. The summed E-state index contributed by atoms with van der Waals surface area (Å²) in [5.74, 6) is -1.50. The van der Waals surface area contributed by atoms with Gasteiger partial charge in [-0.15, -0.1) is 0 Å². The second-order valence-corrected chi connectivity index (χ2v) is 9.01. The van der Waals surface area contributed by atoms with E-state index in [-0.39, 0.29) is 12.8 Å². The maximum atomic E-state index is 12.0. The van der Waals surface area contributed by atoms with Crippen molar-refractivity contribution in [2.75, 3.05) is 27.7 Å². The van der Waals surface area contributed by atoms with Crippen LogP contribution < -0.4 is 0 Å². The Morgan fingerprint density at radius 1 is 0.857 bits per heavy atom. The van der Waals surface area contributed by atoms with Gasteiger partial charge in [0.1, 0.15) is 6.54 Å². The van der Waals surface area contributed by atoms with Crippen LogP contribution in [0.15, 0.2) is 0 Å². The number of nitrogens with zero attached hydrogens (tertiary/aromatic N) is 1. The number of carbonyl (C=O) groups is 2. The lowest BCUT2D eigenvalue weighted by Gasteiger charge is -2.28. The van der Waals surface area contributed by atoms with Crippen molar-refractivity contribution < 1.29 is 29.0 Å². The van der Waals surface area contributed by atoms with Crippen LogP contribution in [0.5, 0.6) is 0 Å². The van der Waals surface area contributed by atoms with Crippen molar-refractivity contribution in [2.45, 2.75) is 103 Å². The number of carboxylic acids is 1. The monoisotopic (exact) mass is 402 g/mol. The number of hydrogen-bond acceptors (Lipinski definition) is 4. The Balaban J connectivity index is 3.87. The number of likely N-dealkylation sites (N-methyl/N-ethyl adjacent to an activating group) is 1. The van der Waals surface area contributed by atoms with Crippen molar-refractivity contribution in [2.24, 2.45) is 0 Å². The largest absolute Gasteiger partial charge is 0.481 e. The van der Waals surface area contributed by atoms with Crippen LogP contribution in [0.3, 0.4) is 0 Å². The van der Waals surface area contributed by atoms with Crippen molar-refractivity contribution in [1.29, 1.82) is 0 Å². The van der Waals surface area contributed by atoms with Gasteiger partial charge >= 0.3 is 11.9 Å². The molecule has 166 valence electrons. The number of hydrogen-bond donors (Lipinski definition) is 2. The highest BCUT2D eigenvalue weighted by Gasteiger charge is 2.25. The van der Waals surface area contributed by atoms with Gasteiger partial charge in [-0.2, -0.15) is 0 Å². The zero-order valence-electron chi connectivity index (χ0n) is 18.6. The highest BCUT2D eigenvalue weighted by molar-refractivity contribution is 5.71. The van der Waals surface area contributed by atoms with Gasteiger partial charge < -0.3 is 19.4 Å². The van der Waals surface area contributed by atoms with E-state index in [0.717, 1.165) is 12.8 Å². The van der Waals surface area contributed by atoms with Crippen molar-refractivity contribution in [3.05, 3.63) is 0 Å². The Labute approximate surface area is 171 Å². The molecule has 0 aromatic heterocycles. The number of ether oxygens (including phenoxy) is 1. The summed E-state index contributed by atoms with van der Waals surface area (Å²) in [6.07, 6.45) is 11.2. The molecule has 0 aromatic rings. The van der Waals surface area contributed by atoms with Crippen LogP contribution in [0.25, 0.3) is 0 Å². The molecule has 6 heteroatoms. The SMILES string of the molecule is CCCCCCCCCCCCC(O)CC(=O)OC(CC(=O)O)C[N+](C)(C)C. The molecule has 0 fully saturated rings. The molecule has 0 saturated heterocycles. The summed E-state index contributed by atoms with van der Waals surface area (Å²) in [4.78, 5) is 23.0. The van der Waals surface area contributed by atoms with E-state index in [1.54, 1.807) is 0 Å². The third-order valence-electron chi connectivity index (χ3n) is 4.74. The molecule has 0 bridgehead atoms. The van der Waals surface area contributed by atoms with Gasteiger partial charge in [0.2, 0.25) is 0 Å². The Morgan fingerprint density at radius 2 is 1.36 bits per heavy atom. The van der Waals surface area contributed by atoms with E-state index in [1.807, 2.05) is 21.1 Å². The summed E-state index contributed by atoms with van der Waals surface area (Å²) in [5.41, 5.74) is 0. The third-order valence-corrected chi connectivity index (χ3v) is 4.74. The summed E-state index contributed by atoms with van der Waals surface area (Å²) in [5, 5.41) is 19.0. The van der Waals surface area contributed by atoms with Crippen molar-refractivity contribution in [3.63, 3.8) is 0 Å². The fourth-order valence-electron chi connectivity index (χ4n) is 3.35. The fraction of sp³-hybridized carbons (Fsp3) is 0.909. The highest BCUT2D eigenvalue weighted by Crippen LogP contribution is 2.14. The second-order valence-electron chi connectivity index (χ2n) is 9.01. The van der Waals surface area contributed by atoms with Gasteiger partial charge in [0.25, 0.3) is 0 Å². The molecule has 0 aliphatic rings. The zero-order valence-corrected chi connectivity index (χ0v) is 18.6. The highest BCUT2D eigenvalue weighted by atomic mass is 16.5. The lowest BCUT2D eigenvalue weighted by Crippen LogP contribution is -2.44. The van der Waals surface area contributed by atoms with Crippen LogP contribution in [0.4, 0.5) is 0 Å². The molecule has 0 aliphatic carbocycles. The lowest BCUT2D eigenvalue weighted by molar-refractivity contribution is -0.873. The fourth-order valence-corrected chi connectivity index (χ4v) is 3.35. The quantitative estimate of drug-likeness (QED) is 0.204. The van der Waals surface area contributed by atoms with E-state index in [0.29, 0.717) is 17.4 Å². The summed E-state index contributed by atoms with van der Waals surface area (Å²) in [6, 6.07) is 0. The van der Waals surface area contributed by atoms with Gasteiger partial charge in [-0.25, -0.2) is 0 Å². The van der Waals surface area contributed by atoms with Crippen LogP contribution in [0.1, 0.15) is 90.4 Å². The molecule has 0 heterocycles. The summed E-state index contributed by atoms with van der Waals surface area (Å²) >= 11 is 0. The van der Waals surface area contributed by atoms with E-state index in [1.165, 1.54) is 51.4 Å². The Hall–Kier alpha value is -1.14. The van der Waals surface area contributed by atoms with Gasteiger partial charge in [0.15, 0.2) is 6.10 Å². The predicted molar refractivity (Wildman–Crippen MR) is 112 cm³/mol. The van der Waals surface area contributed by atoms with E-state index in [2.05, 4.69) is 6.92 Å². The van der Waals surface area contributed by atoms with Crippen LogP contribution >= 0.6 is 0 Å². The number of unbranched alkanes of at least 4 members (excludes halogenated alkanes) is 9. The number of aliphatic carboxylic acids is 1. The molecule has 0 spiro atoms. The Bertz CT molecular complexity index is 420. The summed E-state index contributed by atoms with van der Waals surface area (Å²) in [6.45, 7) is 2.65. The van der Waals surface area contributed by atoms with Crippen LogP contribution in [0, 0.1) is 0 Å². The molecular formula is C22H44NO5+. The number of carboxylic acid groups (broad SMARTS) is 1. The molecular weight excluding hydrogens is 358 g/mol. The lowest BCUT2D eigenvalue weighted by atomic mass is 10.0. The zero-order chi connectivity index (χ0) is 21.4. The summed E-state index contributed by atoms with van der Waals surface area (Å²) in [7, 11) is 5.76. The van der Waals surface area contributed by atoms with Gasteiger partial charge in [0, 0.05) is 0 Å². The molecule has 0 saturated carbocycles. The first-order chi connectivity index (χ1) is 13.1. The Morgan fingerprint density at radius 3 is 1.82 bits per heavy atom. The molecule has 6 nitrogen and oxygen atoms in total. The molecule has 0 rings (SSSR count). The number of rotatable bonds is 18. The molecule has 0 radical (unpaired) electrons. The van der Waals surface area contributed by atoms with Gasteiger partial charge in [-0.05, 0) is 6.42 Å². The van der Waals surface area contributed by atoms with Crippen LogP contribution in [-0.4, -0.2) is 66.5 Å². The van der Waals surface area contributed by atoms with Crippen molar-refractivity contribution in [1.82, 2.24) is 0 Å². The number of quaternary nitrogens is 1. The molecule has 28 heavy (non-hydrogen) atoms. The first-order valence-electron chi connectivity index (χ1n) is 11.0. The van der Waals surface area contributed by atoms with Gasteiger partial charge in [-0.1, -0.05) is 71.1 Å². The predicted octanol–water partition coefficient (Wildman–Crippen LogP) is 4.14. The second kappa shape index (κ2) is 15.7. The number of aliphatic hydroxyl groups is 1. The number of carbonyl (C=O) groups excluding carboxylic acids is 1. The van der Waals surface area contributed by atoms with Gasteiger partial charge in [0.05, 0.1) is 40.1 Å². The average Bonchev–Trinajstić information content (AvgIpc) is 2.54. The average molecular weight is 403 g/mol. The van der Waals surface area contributed by atoms with E-state index in [9.17, 15) is 14.7 Å². The Kier molecular flexibility index (Phi) is 15.1.